The third kappa shape index (κ3) is 3.89. The number of halogens is 3. The van der Waals surface area contributed by atoms with Crippen LogP contribution in [0.1, 0.15) is 30.9 Å². The summed E-state index contributed by atoms with van der Waals surface area (Å²) in [5.41, 5.74) is 1.48. The van der Waals surface area contributed by atoms with Gasteiger partial charge in [-0.15, -0.1) is 0 Å². The zero-order chi connectivity index (χ0) is 11.3. The van der Waals surface area contributed by atoms with Crippen LogP contribution in [0.2, 0.25) is 0 Å². The van der Waals surface area contributed by atoms with Gasteiger partial charge in [0.05, 0.1) is 0 Å². The lowest BCUT2D eigenvalue weighted by atomic mass is 10.1. The lowest BCUT2D eigenvalue weighted by Crippen LogP contribution is -1.85. The molecule has 0 spiro atoms. The molecule has 0 saturated carbocycles. The summed E-state index contributed by atoms with van der Waals surface area (Å²) in [6.07, 6.45) is 3.26. The van der Waals surface area contributed by atoms with Crippen molar-refractivity contribution in [1.82, 2.24) is 0 Å². The molecule has 0 aliphatic heterocycles. The minimum atomic E-state index is -0.797. The maximum absolute atomic E-state index is 13.1. The van der Waals surface area contributed by atoms with E-state index in [9.17, 15) is 8.78 Å². The minimum absolute atomic E-state index is 0.308. The summed E-state index contributed by atoms with van der Waals surface area (Å²) in [5.74, 6) is -0.780. The molecule has 0 aliphatic carbocycles. The maximum atomic E-state index is 13.1. The van der Waals surface area contributed by atoms with E-state index in [1.54, 1.807) is 12.1 Å². The standard InChI is InChI=1S/C12H13F2I/c1-2-3-4-9-5-7-10(8-6-9)11(13)12(14)15/h5-8H,2-4H2,1H3. The van der Waals surface area contributed by atoms with Gasteiger partial charge in [0.25, 0.3) is 0 Å². The van der Waals surface area contributed by atoms with Crippen LogP contribution in [0.25, 0.3) is 5.83 Å². The van der Waals surface area contributed by atoms with E-state index in [0.29, 0.717) is 5.56 Å². The van der Waals surface area contributed by atoms with Gasteiger partial charge in [0, 0.05) is 5.56 Å². The average Bonchev–Trinajstić information content (AvgIpc) is 2.26. The Morgan fingerprint density at radius 3 is 2.27 bits per heavy atom. The summed E-state index contributed by atoms with van der Waals surface area (Å²) in [4.78, 5) is 0. The SMILES string of the molecule is CCCCc1ccc(C(F)=C(F)I)cc1. The highest BCUT2D eigenvalue weighted by Gasteiger charge is 2.05. The molecule has 0 N–H and O–H groups in total. The van der Waals surface area contributed by atoms with E-state index in [-0.39, 0.29) is 0 Å². The summed E-state index contributed by atoms with van der Waals surface area (Å²) >= 11 is 1.34. The van der Waals surface area contributed by atoms with Crippen molar-refractivity contribution in [1.29, 1.82) is 0 Å². The number of hydrogen-bond donors (Lipinski definition) is 0. The Balaban J connectivity index is 2.77. The molecule has 0 nitrogen and oxygen atoms in total. The molecule has 0 bridgehead atoms. The van der Waals surface area contributed by atoms with Gasteiger partial charge >= 0.3 is 0 Å². The molecule has 1 aromatic rings. The van der Waals surface area contributed by atoms with Gasteiger partial charge in [-0.25, -0.2) is 4.39 Å². The molecule has 0 aliphatic rings. The molecule has 0 radical (unpaired) electrons. The van der Waals surface area contributed by atoms with Crippen LogP contribution in [0.4, 0.5) is 8.78 Å². The highest BCUT2D eigenvalue weighted by Crippen LogP contribution is 2.25. The van der Waals surface area contributed by atoms with Crippen molar-refractivity contribution in [3.05, 3.63) is 39.2 Å². The van der Waals surface area contributed by atoms with Crippen molar-refractivity contribution >= 4 is 28.4 Å². The van der Waals surface area contributed by atoms with E-state index in [1.165, 1.54) is 28.2 Å². The summed E-state index contributed by atoms with van der Waals surface area (Å²) in [7, 11) is 0. The van der Waals surface area contributed by atoms with Crippen LogP contribution in [0, 0.1) is 0 Å². The highest BCUT2D eigenvalue weighted by molar-refractivity contribution is 14.1. The molecule has 3 heteroatoms. The minimum Gasteiger partial charge on any atom is -0.203 e. The maximum Gasteiger partial charge on any atom is 0.196 e. The van der Waals surface area contributed by atoms with E-state index >= 15 is 0 Å². The van der Waals surface area contributed by atoms with Crippen molar-refractivity contribution in [3.8, 4) is 0 Å². The van der Waals surface area contributed by atoms with Crippen molar-refractivity contribution in [2.75, 3.05) is 0 Å². The first-order chi connectivity index (χ1) is 7.15. The zero-order valence-electron chi connectivity index (χ0n) is 8.56. The molecule has 0 saturated heterocycles. The Labute approximate surface area is 103 Å². The number of hydrogen-bond acceptors (Lipinski definition) is 0. The van der Waals surface area contributed by atoms with E-state index < -0.39 is 9.66 Å². The quantitative estimate of drug-likeness (QED) is 0.682. The molecular weight excluding hydrogens is 309 g/mol. The third-order valence-corrected chi connectivity index (χ3v) is 2.67. The lowest BCUT2D eigenvalue weighted by molar-refractivity contribution is 0.663. The van der Waals surface area contributed by atoms with Gasteiger partial charge in [0.2, 0.25) is 0 Å². The summed E-state index contributed by atoms with van der Waals surface area (Å²) < 4.78 is 24.9. The second-order valence-electron chi connectivity index (χ2n) is 3.37. The van der Waals surface area contributed by atoms with Crippen molar-refractivity contribution < 1.29 is 8.78 Å². The fraction of sp³-hybridized carbons (Fsp3) is 0.333. The van der Waals surface area contributed by atoms with Gasteiger partial charge in [-0.1, -0.05) is 37.6 Å². The Morgan fingerprint density at radius 1 is 1.20 bits per heavy atom. The summed E-state index contributed by atoms with van der Waals surface area (Å²) in [6, 6.07) is 6.95. The fourth-order valence-corrected chi connectivity index (χ4v) is 1.62. The van der Waals surface area contributed by atoms with E-state index in [0.717, 1.165) is 19.3 Å². The summed E-state index contributed by atoms with van der Waals surface area (Å²) in [5, 5.41) is 0. The number of benzene rings is 1. The Hall–Kier alpha value is -0.450. The van der Waals surface area contributed by atoms with Crippen molar-refractivity contribution in [3.63, 3.8) is 0 Å². The summed E-state index contributed by atoms with van der Waals surface area (Å²) in [6.45, 7) is 2.13. The fourth-order valence-electron chi connectivity index (χ4n) is 1.31. The predicted octanol–water partition coefficient (Wildman–Crippen LogP) is 5.03. The van der Waals surface area contributed by atoms with Crippen LogP contribution in [-0.4, -0.2) is 0 Å². The molecule has 15 heavy (non-hydrogen) atoms. The monoisotopic (exact) mass is 322 g/mol. The zero-order valence-corrected chi connectivity index (χ0v) is 10.7. The highest BCUT2D eigenvalue weighted by atomic mass is 127. The molecule has 0 atom stereocenters. The predicted molar refractivity (Wildman–Crippen MR) is 68.2 cm³/mol. The topological polar surface area (TPSA) is 0 Å². The second kappa shape index (κ2) is 6.20. The van der Waals surface area contributed by atoms with Gasteiger partial charge < -0.3 is 0 Å². The second-order valence-corrected chi connectivity index (χ2v) is 4.32. The van der Waals surface area contributed by atoms with Gasteiger partial charge in [-0.2, -0.15) is 4.39 Å². The normalized spacial score (nSPS) is 12.5. The molecule has 1 aromatic carbocycles. The van der Waals surface area contributed by atoms with Crippen LogP contribution in [0.5, 0.6) is 0 Å². The smallest absolute Gasteiger partial charge is 0.196 e. The van der Waals surface area contributed by atoms with Gasteiger partial charge in [0.1, 0.15) is 0 Å². The van der Waals surface area contributed by atoms with E-state index in [1.807, 2.05) is 12.1 Å². The average molecular weight is 322 g/mol. The molecule has 1 rings (SSSR count). The first kappa shape index (κ1) is 12.6. The molecule has 0 fully saturated rings. The number of unbranched alkanes of at least 4 members (excludes halogenated alkanes) is 1. The van der Waals surface area contributed by atoms with Crippen LogP contribution in [0.3, 0.4) is 0 Å². The van der Waals surface area contributed by atoms with Gasteiger partial charge in [0.15, 0.2) is 9.66 Å². The first-order valence-electron chi connectivity index (χ1n) is 4.95. The molecule has 0 amide bonds. The van der Waals surface area contributed by atoms with Gasteiger partial charge in [-0.05, 0) is 41.0 Å². The van der Waals surface area contributed by atoms with Gasteiger partial charge in [-0.3, -0.25) is 0 Å². The first-order valence-corrected chi connectivity index (χ1v) is 6.03. The van der Waals surface area contributed by atoms with Crippen LogP contribution in [0.15, 0.2) is 28.1 Å². The molecule has 0 unspecified atom stereocenters. The van der Waals surface area contributed by atoms with E-state index in [2.05, 4.69) is 6.92 Å². The third-order valence-electron chi connectivity index (χ3n) is 2.19. The number of rotatable bonds is 4. The molecular formula is C12H13F2I. The van der Waals surface area contributed by atoms with E-state index in [4.69, 9.17) is 0 Å². The molecule has 0 heterocycles. The van der Waals surface area contributed by atoms with Crippen LogP contribution < -0.4 is 0 Å². The van der Waals surface area contributed by atoms with Crippen LogP contribution >= 0.6 is 22.6 Å². The largest absolute Gasteiger partial charge is 0.203 e. The Morgan fingerprint density at radius 2 is 1.80 bits per heavy atom. The van der Waals surface area contributed by atoms with Crippen molar-refractivity contribution in [2.24, 2.45) is 0 Å². The molecule has 82 valence electrons. The Kier molecular flexibility index (Phi) is 5.22. The molecule has 0 aromatic heterocycles. The number of aryl methyl sites for hydroxylation is 1. The Bertz CT molecular complexity index is 337. The van der Waals surface area contributed by atoms with Crippen molar-refractivity contribution in [2.45, 2.75) is 26.2 Å². The lowest BCUT2D eigenvalue weighted by Gasteiger charge is -2.01. The van der Waals surface area contributed by atoms with Crippen LogP contribution in [-0.2, 0) is 6.42 Å².